The van der Waals surface area contributed by atoms with Gasteiger partial charge in [0.1, 0.15) is 5.75 Å². The predicted octanol–water partition coefficient (Wildman–Crippen LogP) is 0.727. The van der Waals surface area contributed by atoms with E-state index in [1.165, 1.54) is 12.1 Å². The first-order chi connectivity index (χ1) is 9.51. The summed E-state index contributed by atoms with van der Waals surface area (Å²) < 4.78 is 0. The Balaban J connectivity index is 2.12. The molecule has 104 valence electrons. The van der Waals surface area contributed by atoms with E-state index in [1.807, 2.05) is 6.07 Å². The van der Waals surface area contributed by atoms with Gasteiger partial charge < -0.3 is 10.0 Å². The van der Waals surface area contributed by atoms with Crippen LogP contribution < -0.4 is 4.90 Å². The molecular formula is C14H15N3O3. The van der Waals surface area contributed by atoms with Crippen LogP contribution in [0.4, 0.5) is 5.69 Å². The number of rotatable bonds is 3. The summed E-state index contributed by atoms with van der Waals surface area (Å²) in [6.45, 7) is 1.92. The SMILES string of the molecule is CC(C#N)CN1C(=O)CN(c2cccc(O)c2)CC1=O. The number of carbonyl (C=O) groups excluding carboxylic acids is 2. The molecule has 0 spiro atoms. The topological polar surface area (TPSA) is 84.6 Å². The van der Waals surface area contributed by atoms with Gasteiger partial charge in [-0.1, -0.05) is 6.07 Å². The number of amides is 2. The smallest absolute Gasteiger partial charge is 0.248 e. The standard InChI is InChI=1S/C14H15N3O3/c1-10(6-15)7-17-13(19)8-16(9-14(17)20)11-3-2-4-12(18)5-11/h2-5,10,18H,7-9H2,1H3. The van der Waals surface area contributed by atoms with E-state index in [1.54, 1.807) is 24.0 Å². The van der Waals surface area contributed by atoms with Gasteiger partial charge in [-0.15, -0.1) is 0 Å². The molecule has 1 unspecified atom stereocenters. The van der Waals surface area contributed by atoms with E-state index < -0.39 is 0 Å². The van der Waals surface area contributed by atoms with E-state index in [0.29, 0.717) is 5.69 Å². The third-order valence-electron chi connectivity index (χ3n) is 3.13. The lowest BCUT2D eigenvalue weighted by molar-refractivity contribution is -0.145. The number of nitrogens with zero attached hydrogens (tertiary/aromatic N) is 3. The quantitative estimate of drug-likeness (QED) is 0.820. The molecule has 1 aliphatic heterocycles. The zero-order valence-electron chi connectivity index (χ0n) is 11.1. The molecule has 1 atom stereocenters. The molecule has 1 saturated heterocycles. The highest BCUT2D eigenvalue weighted by atomic mass is 16.3. The number of phenols is 1. The Labute approximate surface area is 116 Å². The number of hydrogen-bond acceptors (Lipinski definition) is 5. The molecule has 2 rings (SSSR count). The van der Waals surface area contributed by atoms with Crippen LogP contribution in [0, 0.1) is 17.2 Å². The molecule has 0 aliphatic carbocycles. The Hall–Kier alpha value is -2.55. The van der Waals surface area contributed by atoms with Crippen molar-refractivity contribution in [3.63, 3.8) is 0 Å². The summed E-state index contributed by atoms with van der Waals surface area (Å²) in [4.78, 5) is 26.8. The van der Waals surface area contributed by atoms with Crippen LogP contribution in [0.1, 0.15) is 6.92 Å². The largest absolute Gasteiger partial charge is 0.508 e. The second kappa shape index (κ2) is 5.61. The van der Waals surface area contributed by atoms with Gasteiger partial charge in [0.15, 0.2) is 0 Å². The van der Waals surface area contributed by atoms with E-state index >= 15 is 0 Å². The number of hydrogen-bond donors (Lipinski definition) is 1. The summed E-state index contributed by atoms with van der Waals surface area (Å²) in [5.74, 6) is -0.948. The van der Waals surface area contributed by atoms with Gasteiger partial charge in [0.05, 0.1) is 25.1 Å². The molecule has 1 N–H and O–H groups in total. The monoisotopic (exact) mass is 273 g/mol. The molecule has 1 aromatic rings. The van der Waals surface area contributed by atoms with Crippen LogP contribution in [-0.2, 0) is 9.59 Å². The van der Waals surface area contributed by atoms with Crippen molar-refractivity contribution in [1.82, 2.24) is 4.90 Å². The van der Waals surface area contributed by atoms with Gasteiger partial charge in [-0.25, -0.2) is 0 Å². The van der Waals surface area contributed by atoms with Crippen LogP contribution in [0.15, 0.2) is 24.3 Å². The van der Waals surface area contributed by atoms with Crippen molar-refractivity contribution in [2.24, 2.45) is 5.92 Å². The van der Waals surface area contributed by atoms with Crippen molar-refractivity contribution in [2.75, 3.05) is 24.5 Å². The second-order valence-electron chi connectivity index (χ2n) is 4.80. The Morgan fingerprint density at radius 3 is 2.55 bits per heavy atom. The van der Waals surface area contributed by atoms with Crippen LogP contribution in [0.3, 0.4) is 0 Å². The normalized spacial score (nSPS) is 17.0. The number of aromatic hydroxyl groups is 1. The van der Waals surface area contributed by atoms with E-state index in [9.17, 15) is 14.7 Å². The highest BCUT2D eigenvalue weighted by Gasteiger charge is 2.31. The number of imide groups is 1. The van der Waals surface area contributed by atoms with Crippen molar-refractivity contribution in [3.8, 4) is 11.8 Å². The van der Waals surface area contributed by atoms with Crippen LogP contribution in [0.25, 0.3) is 0 Å². The molecule has 0 bridgehead atoms. The summed E-state index contributed by atoms with van der Waals surface area (Å²) in [5, 5.41) is 18.2. The summed E-state index contributed by atoms with van der Waals surface area (Å²) in [6.07, 6.45) is 0. The molecule has 1 aromatic carbocycles. The summed E-state index contributed by atoms with van der Waals surface area (Å²) in [7, 11) is 0. The first-order valence-corrected chi connectivity index (χ1v) is 6.28. The molecule has 1 fully saturated rings. The Bertz CT molecular complexity index is 561. The first kappa shape index (κ1) is 13.9. The number of carbonyl (C=O) groups is 2. The van der Waals surface area contributed by atoms with Crippen LogP contribution in [0.2, 0.25) is 0 Å². The van der Waals surface area contributed by atoms with Crippen molar-refractivity contribution < 1.29 is 14.7 Å². The number of piperazine rings is 1. The Morgan fingerprint density at radius 2 is 2.00 bits per heavy atom. The average Bonchev–Trinajstić information content (AvgIpc) is 2.42. The van der Waals surface area contributed by atoms with Crippen molar-refractivity contribution in [2.45, 2.75) is 6.92 Å². The maximum absolute atomic E-state index is 12.0. The van der Waals surface area contributed by atoms with Gasteiger partial charge >= 0.3 is 0 Å². The molecule has 6 heteroatoms. The summed E-state index contributed by atoms with van der Waals surface area (Å²) in [5.41, 5.74) is 0.625. The van der Waals surface area contributed by atoms with E-state index in [-0.39, 0.29) is 43.1 Å². The van der Waals surface area contributed by atoms with Gasteiger partial charge in [-0.3, -0.25) is 14.5 Å². The van der Waals surface area contributed by atoms with Gasteiger partial charge in [0.2, 0.25) is 11.8 Å². The van der Waals surface area contributed by atoms with Crippen LogP contribution in [0.5, 0.6) is 5.75 Å². The third kappa shape index (κ3) is 2.88. The lowest BCUT2D eigenvalue weighted by Gasteiger charge is -2.34. The number of anilines is 1. The molecule has 20 heavy (non-hydrogen) atoms. The van der Waals surface area contributed by atoms with E-state index in [0.717, 1.165) is 4.90 Å². The molecule has 2 amide bonds. The van der Waals surface area contributed by atoms with Crippen molar-refractivity contribution >= 4 is 17.5 Å². The Morgan fingerprint density at radius 1 is 1.35 bits per heavy atom. The summed E-state index contributed by atoms with van der Waals surface area (Å²) in [6, 6.07) is 8.43. The van der Waals surface area contributed by atoms with E-state index in [4.69, 9.17) is 5.26 Å². The molecule has 1 aliphatic rings. The first-order valence-electron chi connectivity index (χ1n) is 6.28. The summed E-state index contributed by atoms with van der Waals surface area (Å²) >= 11 is 0. The highest BCUT2D eigenvalue weighted by molar-refractivity contribution is 6.02. The molecule has 0 radical (unpaired) electrons. The third-order valence-corrected chi connectivity index (χ3v) is 3.13. The second-order valence-corrected chi connectivity index (χ2v) is 4.80. The average molecular weight is 273 g/mol. The van der Waals surface area contributed by atoms with Gasteiger partial charge in [0, 0.05) is 18.3 Å². The number of benzene rings is 1. The fourth-order valence-electron chi connectivity index (χ4n) is 2.08. The fraction of sp³-hybridized carbons (Fsp3) is 0.357. The maximum Gasteiger partial charge on any atom is 0.248 e. The van der Waals surface area contributed by atoms with Gasteiger partial charge in [-0.05, 0) is 19.1 Å². The minimum atomic E-state index is -0.379. The van der Waals surface area contributed by atoms with Crippen molar-refractivity contribution in [3.05, 3.63) is 24.3 Å². The molecule has 0 saturated carbocycles. The minimum absolute atomic E-state index is 0.0628. The molecular weight excluding hydrogens is 258 g/mol. The van der Waals surface area contributed by atoms with Gasteiger partial charge in [-0.2, -0.15) is 5.26 Å². The van der Waals surface area contributed by atoms with Gasteiger partial charge in [0.25, 0.3) is 0 Å². The van der Waals surface area contributed by atoms with Crippen molar-refractivity contribution in [1.29, 1.82) is 5.26 Å². The van der Waals surface area contributed by atoms with E-state index in [2.05, 4.69) is 0 Å². The van der Waals surface area contributed by atoms with Crippen LogP contribution >= 0.6 is 0 Å². The zero-order chi connectivity index (χ0) is 14.7. The maximum atomic E-state index is 12.0. The Kier molecular flexibility index (Phi) is 3.89. The number of nitriles is 1. The van der Waals surface area contributed by atoms with Crippen LogP contribution in [-0.4, -0.2) is 41.5 Å². The lowest BCUT2D eigenvalue weighted by atomic mass is 10.1. The molecule has 6 nitrogen and oxygen atoms in total. The molecule has 0 aromatic heterocycles. The number of phenolic OH excluding ortho intramolecular Hbond substituents is 1. The zero-order valence-corrected chi connectivity index (χ0v) is 11.1. The predicted molar refractivity (Wildman–Crippen MR) is 71.8 cm³/mol. The highest BCUT2D eigenvalue weighted by Crippen LogP contribution is 2.22. The molecule has 1 heterocycles. The fourth-order valence-corrected chi connectivity index (χ4v) is 2.08. The minimum Gasteiger partial charge on any atom is -0.508 e. The lowest BCUT2D eigenvalue weighted by Crippen LogP contribution is -2.55.